The quantitative estimate of drug-likeness (QED) is 0.748. The lowest BCUT2D eigenvalue weighted by Crippen LogP contribution is -2.46. The van der Waals surface area contributed by atoms with E-state index in [1.54, 1.807) is 7.05 Å². The van der Waals surface area contributed by atoms with Crippen LogP contribution in [0.15, 0.2) is 0 Å². The smallest absolute Gasteiger partial charge is 0.225 e. The average molecular weight is 327 g/mol. The Balaban J connectivity index is 4.80. The van der Waals surface area contributed by atoms with Gasteiger partial charge in [-0.05, 0) is 23.7 Å². The van der Waals surface area contributed by atoms with Crippen molar-refractivity contribution in [3.8, 4) is 0 Å². The Kier molecular flexibility index (Phi) is 6.89. The first-order valence-electron chi connectivity index (χ1n) is 8.53. The van der Waals surface area contributed by atoms with Gasteiger partial charge >= 0.3 is 0 Å². The van der Waals surface area contributed by atoms with Crippen LogP contribution in [0.2, 0.25) is 0 Å². The molecular weight excluding hydrogens is 288 g/mol. The van der Waals surface area contributed by atoms with Crippen molar-refractivity contribution in [2.75, 3.05) is 13.6 Å². The Morgan fingerprint density at radius 1 is 0.739 bits per heavy atom. The van der Waals surface area contributed by atoms with Crippen LogP contribution in [-0.4, -0.2) is 25.4 Å². The van der Waals surface area contributed by atoms with Crippen molar-refractivity contribution in [1.82, 2.24) is 10.6 Å². The molecule has 0 aromatic carbocycles. The van der Waals surface area contributed by atoms with Crippen molar-refractivity contribution in [3.63, 3.8) is 0 Å². The molecule has 0 saturated carbocycles. The van der Waals surface area contributed by atoms with Gasteiger partial charge in [0.2, 0.25) is 11.8 Å². The molecule has 0 heterocycles. The first-order chi connectivity index (χ1) is 10.0. The summed E-state index contributed by atoms with van der Waals surface area (Å²) < 4.78 is 0. The Bertz CT molecular complexity index is 429. The van der Waals surface area contributed by atoms with E-state index in [1.165, 1.54) is 0 Å². The Morgan fingerprint density at radius 3 is 1.57 bits per heavy atom. The molecule has 0 bridgehead atoms. The van der Waals surface area contributed by atoms with Crippen molar-refractivity contribution in [2.24, 2.45) is 21.7 Å². The minimum atomic E-state index is -0.589. The zero-order valence-electron chi connectivity index (χ0n) is 16.9. The maximum absolute atomic E-state index is 12.6. The molecule has 0 aromatic rings. The van der Waals surface area contributed by atoms with Crippen LogP contribution < -0.4 is 10.6 Å². The summed E-state index contributed by atoms with van der Waals surface area (Å²) in [5, 5.41) is 5.77. The second kappa shape index (κ2) is 7.23. The predicted octanol–water partition coefficient (Wildman–Crippen LogP) is 3.75. The molecule has 0 spiro atoms. The van der Waals surface area contributed by atoms with Gasteiger partial charge in [0.05, 0.1) is 0 Å². The Hall–Kier alpha value is -1.06. The van der Waals surface area contributed by atoms with Gasteiger partial charge in [0.25, 0.3) is 0 Å². The number of hydrogen-bond donors (Lipinski definition) is 2. The molecule has 4 heteroatoms. The van der Waals surface area contributed by atoms with Gasteiger partial charge < -0.3 is 10.6 Å². The third-order valence-electron chi connectivity index (χ3n) is 4.08. The molecule has 0 aromatic heterocycles. The molecule has 0 rings (SSSR count). The normalized spacial score (nSPS) is 13.7. The van der Waals surface area contributed by atoms with Gasteiger partial charge in [-0.1, -0.05) is 62.3 Å². The summed E-state index contributed by atoms with van der Waals surface area (Å²) in [6.45, 7) is 19.2. The van der Waals surface area contributed by atoms with Crippen LogP contribution in [-0.2, 0) is 9.59 Å². The highest BCUT2D eigenvalue weighted by Crippen LogP contribution is 2.35. The summed E-state index contributed by atoms with van der Waals surface area (Å²) in [6, 6.07) is 0. The van der Waals surface area contributed by atoms with Gasteiger partial charge in [0.15, 0.2) is 0 Å². The molecule has 0 aliphatic rings. The van der Waals surface area contributed by atoms with Gasteiger partial charge in [-0.2, -0.15) is 0 Å². The average Bonchev–Trinajstić information content (AvgIpc) is 2.30. The standard InChI is InChI=1S/C19H38N2O2/c1-16(2,3)11-17(4,5)13-21-15(23)19(8,9)12-18(6,7)14(22)20-10/h11-13H2,1-10H3,(H,20,22)(H,21,23). The summed E-state index contributed by atoms with van der Waals surface area (Å²) >= 11 is 0. The lowest BCUT2D eigenvalue weighted by molar-refractivity contribution is -0.136. The highest BCUT2D eigenvalue weighted by atomic mass is 16.2. The van der Waals surface area contributed by atoms with Crippen molar-refractivity contribution in [1.29, 1.82) is 0 Å². The summed E-state index contributed by atoms with van der Waals surface area (Å²) in [4.78, 5) is 24.6. The van der Waals surface area contributed by atoms with E-state index < -0.39 is 10.8 Å². The molecule has 136 valence electrons. The van der Waals surface area contributed by atoms with E-state index in [0.717, 1.165) is 6.42 Å². The number of amides is 2. The second-order valence-electron chi connectivity index (χ2n) is 10.1. The van der Waals surface area contributed by atoms with E-state index in [1.807, 2.05) is 27.7 Å². The molecule has 2 N–H and O–H groups in total. The van der Waals surface area contributed by atoms with Crippen LogP contribution in [0.5, 0.6) is 0 Å². The summed E-state index contributed by atoms with van der Waals surface area (Å²) in [5.74, 6) is -0.0251. The molecule has 0 saturated heterocycles. The SMILES string of the molecule is CNC(=O)C(C)(C)CC(C)(C)C(=O)NCC(C)(C)CC(C)(C)C. The van der Waals surface area contributed by atoms with Crippen LogP contribution in [0.25, 0.3) is 0 Å². The van der Waals surface area contributed by atoms with E-state index >= 15 is 0 Å². The minimum Gasteiger partial charge on any atom is -0.359 e. The van der Waals surface area contributed by atoms with Gasteiger partial charge in [0.1, 0.15) is 0 Å². The molecule has 2 amide bonds. The molecule has 0 fully saturated rings. The lowest BCUT2D eigenvalue weighted by Gasteiger charge is -2.36. The van der Waals surface area contributed by atoms with Crippen molar-refractivity contribution < 1.29 is 9.59 Å². The first kappa shape index (κ1) is 21.9. The van der Waals surface area contributed by atoms with Gasteiger partial charge in [0, 0.05) is 24.4 Å². The fourth-order valence-corrected chi connectivity index (χ4v) is 3.66. The summed E-state index contributed by atoms with van der Waals surface area (Å²) in [6.07, 6.45) is 1.54. The fraction of sp³-hybridized carbons (Fsp3) is 0.895. The topological polar surface area (TPSA) is 58.2 Å². The number of hydrogen-bond acceptors (Lipinski definition) is 2. The zero-order chi connectivity index (χ0) is 18.7. The largest absolute Gasteiger partial charge is 0.359 e. The molecule has 0 aliphatic heterocycles. The van der Waals surface area contributed by atoms with Crippen LogP contribution in [0.4, 0.5) is 0 Å². The lowest BCUT2D eigenvalue weighted by atomic mass is 9.73. The van der Waals surface area contributed by atoms with Crippen LogP contribution in [0, 0.1) is 21.7 Å². The first-order valence-corrected chi connectivity index (χ1v) is 8.53. The molecule has 0 unspecified atom stereocenters. The van der Waals surface area contributed by atoms with Crippen LogP contribution in [0.1, 0.15) is 75.2 Å². The van der Waals surface area contributed by atoms with Gasteiger partial charge in [-0.25, -0.2) is 0 Å². The van der Waals surface area contributed by atoms with Crippen molar-refractivity contribution in [3.05, 3.63) is 0 Å². The zero-order valence-corrected chi connectivity index (χ0v) is 16.9. The van der Waals surface area contributed by atoms with E-state index in [9.17, 15) is 9.59 Å². The van der Waals surface area contributed by atoms with Crippen LogP contribution in [0.3, 0.4) is 0 Å². The van der Waals surface area contributed by atoms with Gasteiger partial charge in [-0.15, -0.1) is 0 Å². The van der Waals surface area contributed by atoms with E-state index in [2.05, 4.69) is 45.3 Å². The molecule has 4 nitrogen and oxygen atoms in total. The van der Waals surface area contributed by atoms with Gasteiger partial charge in [-0.3, -0.25) is 9.59 Å². The van der Waals surface area contributed by atoms with Crippen LogP contribution >= 0.6 is 0 Å². The van der Waals surface area contributed by atoms with Crippen molar-refractivity contribution >= 4 is 11.8 Å². The van der Waals surface area contributed by atoms with E-state index in [-0.39, 0.29) is 22.6 Å². The molecular formula is C19H38N2O2. The predicted molar refractivity (Wildman–Crippen MR) is 97.1 cm³/mol. The third-order valence-corrected chi connectivity index (χ3v) is 4.08. The number of carbonyl (C=O) groups excluding carboxylic acids is 2. The summed E-state index contributed by atoms with van der Waals surface area (Å²) in [7, 11) is 1.63. The second-order valence-corrected chi connectivity index (χ2v) is 10.1. The monoisotopic (exact) mass is 326 g/mol. The molecule has 0 aliphatic carbocycles. The minimum absolute atomic E-state index is 0.0106. The highest BCUT2D eigenvalue weighted by Gasteiger charge is 2.39. The Morgan fingerprint density at radius 2 is 1.17 bits per heavy atom. The maximum Gasteiger partial charge on any atom is 0.225 e. The van der Waals surface area contributed by atoms with E-state index in [0.29, 0.717) is 13.0 Å². The Labute approximate surface area is 143 Å². The third kappa shape index (κ3) is 7.85. The number of carbonyl (C=O) groups is 2. The number of rotatable bonds is 7. The number of nitrogens with one attached hydrogen (secondary N) is 2. The fourth-order valence-electron chi connectivity index (χ4n) is 3.66. The highest BCUT2D eigenvalue weighted by molar-refractivity contribution is 5.85. The molecule has 0 radical (unpaired) electrons. The van der Waals surface area contributed by atoms with Crippen molar-refractivity contribution in [2.45, 2.75) is 75.2 Å². The molecule has 0 atom stereocenters. The van der Waals surface area contributed by atoms with E-state index in [4.69, 9.17) is 0 Å². The maximum atomic E-state index is 12.6. The molecule has 23 heavy (non-hydrogen) atoms. The summed E-state index contributed by atoms with van der Waals surface area (Å²) in [5.41, 5.74) is -0.893.